The van der Waals surface area contributed by atoms with Crippen LogP contribution >= 0.6 is 0 Å². The summed E-state index contributed by atoms with van der Waals surface area (Å²) in [5.41, 5.74) is 1.37. The number of nitrogens with zero attached hydrogens (tertiary/aromatic N) is 4. The molecular weight excluding hydrogens is 393 g/mol. The number of pyridine rings is 2. The highest BCUT2D eigenvalue weighted by Crippen LogP contribution is 2.35. The third-order valence-corrected chi connectivity index (χ3v) is 5.67. The van der Waals surface area contributed by atoms with Crippen molar-refractivity contribution in [1.82, 2.24) is 9.97 Å². The molecule has 30 heavy (non-hydrogen) atoms. The smallest absolute Gasteiger partial charge is 0.251 e. The number of piperidine rings is 1. The van der Waals surface area contributed by atoms with Crippen molar-refractivity contribution >= 4 is 22.4 Å². The van der Waals surface area contributed by atoms with E-state index in [1.165, 1.54) is 6.07 Å². The zero-order valence-electron chi connectivity index (χ0n) is 16.3. The molecule has 1 aromatic carbocycles. The average molecular weight is 414 g/mol. The second-order valence-corrected chi connectivity index (χ2v) is 7.83. The molecule has 156 valence electrons. The number of ether oxygens (including phenoxy) is 1. The summed E-state index contributed by atoms with van der Waals surface area (Å²) in [6.07, 6.45) is 0.460. The molecule has 5 nitrogen and oxygen atoms in total. The largest absolute Gasteiger partial charge is 0.469 e. The van der Waals surface area contributed by atoms with Crippen molar-refractivity contribution in [1.29, 1.82) is 0 Å². The summed E-state index contributed by atoms with van der Waals surface area (Å²) >= 11 is 0. The van der Waals surface area contributed by atoms with Gasteiger partial charge in [-0.3, -0.25) is 0 Å². The molecule has 5 rings (SSSR count). The number of rotatable bonds is 4. The Morgan fingerprint density at radius 1 is 1.00 bits per heavy atom. The fourth-order valence-corrected chi connectivity index (χ4v) is 3.90. The average Bonchev–Trinajstić information content (AvgIpc) is 2.71. The fourth-order valence-electron chi connectivity index (χ4n) is 3.90. The highest BCUT2D eigenvalue weighted by atomic mass is 19.3. The number of halogens is 3. The van der Waals surface area contributed by atoms with E-state index < -0.39 is 11.7 Å². The molecule has 3 aromatic rings. The molecule has 0 spiro atoms. The number of fused-ring (bicyclic) bond motifs is 1. The highest BCUT2D eigenvalue weighted by Gasteiger charge is 2.36. The van der Waals surface area contributed by atoms with Gasteiger partial charge in [0.15, 0.2) is 0 Å². The zero-order chi connectivity index (χ0) is 20.7. The lowest BCUT2D eigenvalue weighted by Gasteiger charge is -2.40. The lowest BCUT2D eigenvalue weighted by Crippen LogP contribution is -2.54. The zero-order valence-corrected chi connectivity index (χ0v) is 16.3. The van der Waals surface area contributed by atoms with Gasteiger partial charge in [-0.05, 0) is 18.2 Å². The normalized spacial score (nSPS) is 19.0. The number of anilines is 2. The monoisotopic (exact) mass is 414 g/mol. The van der Waals surface area contributed by atoms with Crippen LogP contribution in [-0.2, 0) is 0 Å². The molecular formula is C22H21F3N4O. The van der Waals surface area contributed by atoms with Crippen molar-refractivity contribution in [3.63, 3.8) is 0 Å². The van der Waals surface area contributed by atoms with Crippen molar-refractivity contribution in [2.75, 3.05) is 36.0 Å². The topological polar surface area (TPSA) is 41.5 Å². The summed E-state index contributed by atoms with van der Waals surface area (Å²) in [6, 6.07) is 13.3. The van der Waals surface area contributed by atoms with Crippen molar-refractivity contribution < 1.29 is 17.9 Å². The summed E-state index contributed by atoms with van der Waals surface area (Å²) < 4.78 is 46.8. The molecule has 8 heteroatoms. The minimum absolute atomic E-state index is 0.124. The van der Waals surface area contributed by atoms with E-state index in [-0.39, 0.29) is 37.9 Å². The summed E-state index contributed by atoms with van der Waals surface area (Å²) in [7, 11) is 0. The molecule has 0 N–H and O–H groups in total. The molecule has 2 aromatic heterocycles. The van der Waals surface area contributed by atoms with Crippen molar-refractivity contribution in [3.8, 4) is 5.88 Å². The number of hydrogen-bond donors (Lipinski definition) is 0. The van der Waals surface area contributed by atoms with E-state index in [2.05, 4.69) is 14.9 Å². The molecule has 4 heterocycles. The van der Waals surface area contributed by atoms with Crippen LogP contribution in [0.15, 0.2) is 48.7 Å². The quantitative estimate of drug-likeness (QED) is 0.638. The molecule has 0 aliphatic carbocycles. The lowest BCUT2D eigenvalue weighted by molar-refractivity contribution is -0.0221. The standard InChI is InChI=1S/C22H21F3N4O/c23-16-11-19(28-9-7-22(24,25)8-10-28)21(26-12-16)30-17-13-29(14-17)20-6-5-15-3-1-2-4-18(15)27-20/h1-6,11-12,17H,7-10,13-14H2. The van der Waals surface area contributed by atoms with E-state index >= 15 is 0 Å². The number of benzene rings is 1. The van der Waals surface area contributed by atoms with Gasteiger partial charge in [0.1, 0.15) is 23.4 Å². The van der Waals surface area contributed by atoms with Crippen molar-refractivity contribution in [2.24, 2.45) is 0 Å². The molecule has 0 unspecified atom stereocenters. The maximum Gasteiger partial charge on any atom is 0.251 e. The first-order chi connectivity index (χ1) is 14.5. The number of aromatic nitrogens is 2. The number of hydrogen-bond acceptors (Lipinski definition) is 5. The predicted octanol–water partition coefficient (Wildman–Crippen LogP) is 4.27. The molecule has 2 fully saturated rings. The van der Waals surface area contributed by atoms with Crippen LogP contribution in [0.2, 0.25) is 0 Å². The lowest BCUT2D eigenvalue weighted by atomic mass is 10.1. The van der Waals surface area contributed by atoms with Gasteiger partial charge in [0.2, 0.25) is 5.88 Å². The van der Waals surface area contributed by atoms with Crippen LogP contribution in [0.4, 0.5) is 24.7 Å². The van der Waals surface area contributed by atoms with E-state index in [0.29, 0.717) is 18.8 Å². The van der Waals surface area contributed by atoms with Gasteiger partial charge in [-0.1, -0.05) is 18.2 Å². The van der Waals surface area contributed by atoms with Gasteiger partial charge >= 0.3 is 0 Å². The van der Waals surface area contributed by atoms with Crippen LogP contribution < -0.4 is 14.5 Å². The van der Waals surface area contributed by atoms with Crippen molar-refractivity contribution in [2.45, 2.75) is 24.9 Å². The summed E-state index contributed by atoms with van der Waals surface area (Å²) in [6.45, 7) is 1.54. The Balaban J connectivity index is 1.27. The van der Waals surface area contributed by atoms with Crippen LogP contribution in [0.1, 0.15) is 12.8 Å². The molecule has 0 atom stereocenters. The number of alkyl halides is 2. The highest BCUT2D eigenvalue weighted by molar-refractivity contribution is 5.80. The van der Waals surface area contributed by atoms with Gasteiger partial charge in [0, 0.05) is 37.4 Å². The maximum atomic E-state index is 13.8. The van der Waals surface area contributed by atoms with Gasteiger partial charge in [0.05, 0.1) is 24.8 Å². The van der Waals surface area contributed by atoms with Gasteiger partial charge in [-0.15, -0.1) is 0 Å². The fraction of sp³-hybridized carbons (Fsp3) is 0.364. The summed E-state index contributed by atoms with van der Waals surface area (Å²) in [5.74, 6) is -2.01. The first kappa shape index (κ1) is 19.0. The Morgan fingerprint density at radius 2 is 1.77 bits per heavy atom. The van der Waals surface area contributed by atoms with Gasteiger partial charge in [0.25, 0.3) is 5.92 Å². The first-order valence-corrected chi connectivity index (χ1v) is 10.0. The van der Waals surface area contributed by atoms with Crippen LogP contribution in [0.25, 0.3) is 10.9 Å². The third-order valence-electron chi connectivity index (χ3n) is 5.67. The minimum Gasteiger partial charge on any atom is -0.469 e. The molecule has 2 saturated heterocycles. The van der Waals surface area contributed by atoms with Gasteiger partial charge in [-0.25, -0.2) is 23.1 Å². The second kappa shape index (κ2) is 7.34. The van der Waals surface area contributed by atoms with E-state index in [9.17, 15) is 13.2 Å². The summed E-state index contributed by atoms with van der Waals surface area (Å²) in [5, 5.41) is 1.09. The third kappa shape index (κ3) is 3.74. The number of para-hydroxylation sites is 1. The Morgan fingerprint density at radius 3 is 2.57 bits per heavy atom. The Bertz CT molecular complexity index is 1060. The van der Waals surface area contributed by atoms with E-state index in [1.807, 2.05) is 36.4 Å². The van der Waals surface area contributed by atoms with Crippen LogP contribution in [0.3, 0.4) is 0 Å². The molecule has 0 radical (unpaired) electrons. The van der Waals surface area contributed by atoms with Crippen molar-refractivity contribution in [3.05, 3.63) is 54.5 Å². The Labute approximate surface area is 172 Å². The molecule has 0 amide bonds. The Hall–Kier alpha value is -3.03. The second-order valence-electron chi connectivity index (χ2n) is 7.83. The van der Waals surface area contributed by atoms with Gasteiger partial charge < -0.3 is 14.5 Å². The predicted molar refractivity (Wildman–Crippen MR) is 109 cm³/mol. The molecule has 0 bridgehead atoms. The van der Waals surface area contributed by atoms with E-state index in [4.69, 9.17) is 4.74 Å². The molecule has 2 aliphatic heterocycles. The van der Waals surface area contributed by atoms with Crippen LogP contribution in [0, 0.1) is 5.82 Å². The Kier molecular flexibility index (Phi) is 4.64. The van der Waals surface area contributed by atoms with E-state index in [1.54, 1.807) is 4.90 Å². The van der Waals surface area contributed by atoms with Crippen LogP contribution in [-0.4, -0.2) is 48.2 Å². The maximum absolute atomic E-state index is 13.8. The van der Waals surface area contributed by atoms with Crippen LogP contribution in [0.5, 0.6) is 5.88 Å². The van der Waals surface area contributed by atoms with Gasteiger partial charge in [-0.2, -0.15) is 0 Å². The molecule has 2 aliphatic rings. The first-order valence-electron chi connectivity index (χ1n) is 10.0. The minimum atomic E-state index is -2.67. The van der Waals surface area contributed by atoms with E-state index in [0.717, 1.165) is 22.9 Å². The summed E-state index contributed by atoms with van der Waals surface area (Å²) in [4.78, 5) is 12.6. The SMILES string of the molecule is Fc1cnc(OC2CN(c3ccc4ccccc4n3)C2)c(N2CCC(F)(F)CC2)c1. The molecule has 0 saturated carbocycles.